The minimum Gasteiger partial charge on any atom is -0.478 e. The van der Waals surface area contributed by atoms with Crippen LogP contribution in [0.3, 0.4) is 0 Å². The van der Waals surface area contributed by atoms with Gasteiger partial charge in [-0.25, -0.2) is 14.4 Å². The van der Waals surface area contributed by atoms with Gasteiger partial charge in [0.05, 0.1) is 0 Å². The SMILES string of the molecule is C=C(C)C(=O)O.C=C(C)C(=O)OC(CC)OC(=O)C(=C)C. The van der Waals surface area contributed by atoms with Crippen molar-refractivity contribution < 1.29 is 29.0 Å². The molecule has 6 heteroatoms. The van der Waals surface area contributed by atoms with Crippen LogP contribution in [-0.2, 0) is 23.9 Å². The second-order valence-corrected chi connectivity index (χ2v) is 4.29. The molecule has 21 heavy (non-hydrogen) atoms. The Morgan fingerprint density at radius 2 is 1.19 bits per heavy atom. The van der Waals surface area contributed by atoms with Crippen LogP contribution in [0.15, 0.2) is 36.5 Å². The third-order valence-corrected chi connectivity index (χ3v) is 1.87. The molecule has 1 N–H and O–H groups in total. The van der Waals surface area contributed by atoms with Crippen LogP contribution in [0.4, 0.5) is 0 Å². The molecule has 0 unspecified atom stereocenters. The van der Waals surface area contributed by atoms with E-state index >= 15 is 0 Å². The third kappa shape index (κ3) is 11.2. The maximum atomic E-state index is 11.1. The molecule has 0 amide bonds. The number of carboxylic acid groups (broad SMARTS) is 1. The quantitative estimate of drug-likeness (QED) is 0.460. The van der Waals surface area contributed by atoms with Gasteiger partial charge in [0, 0.05) is 23.1 Å². The Bertz CT molecular complexity index is 407. The molecule has 0 saturated heterocycles. The number of hydrogen-bond acceptors (Lipinski definition) is 5. The molecule has 0 radical (unpaired) electrons. The van der Waals surface area contributed by atoms with Crippen LogP contribution < -0.4 is 0 Å². The zero-order chi connectivity index (χ0) is 17.2. The molecule has 0 fully saturated rings. The highest BCUT2D eigenvalue weighted by atomic mass is 16.7. The molecule has 0 rings (SSSR count). The third-order valence-electron chi connectivity index (χ3n) is 1.87. The summed E-state index contributed by atoms with van der Waals surface area (Å²) in [6.45, 7) is 16.2. The lowest BCUT2D eigenvalue weighted by atomic mass is 10.3. The van der Waals surface area contributed by atoms with Crippen LogP contribution >= 0.6 is 0 Å². The number of carbonyl (C=O) groups is 3. The fraction of sp³-hybridized carbons (Fsp3) is 0.400. The Morgan fingerprint density at radius 1 is 0.905 bits per heavy atom. The molecular formula is C15H22O6. The molecule has 0 saturated carbocycles. The molecule has 0 atom stereocenters. The topological polar surface area (TPSA) is 89.9 Å². The highest BCUT2D eigenvalue weighted by Gasteiger charge is 2.17. The van der Waals surface area contributed by atoms with Crippen molar-refractivity contribution in [1.82, 2.24) is 0 Å². The van der Waals surface area contributed by atoms with E-state index in [0.717, 1.165) is 0 Å². The minimum atomic E-state index is -0.935. The monoisotopic (exact) mass is 298 g/mol. The molecule has 0 aliphatic heterocycles. The van der Waals surface area contributed by atoms with Crippen molar-refractivity contribution in [2.45, 2.75) is 40.4 Å². The molecule has 0 aromatic carbocycles. The van der Waals surface area contributed by atoms with Gasteiger partial charge in [-0.3, -0.25) is 0 Å². The van der Waals surface area contributed by atoms with Gasteiger partial charge in [-0.2, -0.15) is 0 Å². The fourth-order valence-electron chi connectivity index (χ4n) is 0.631. The Labute approximate surface area is 124 Å². The van der Waals surface area contributed by atoms with Crippen LogP contribution in [-0.4, -0.2) is 29.3 Å². The highest BCUT2D eigenvalue weighted by Crippen LogP contribution is 2.06. The van der Waals surface area contributed by atoms with Crippen molar-refractivity contribution in [3.05, 3.63) is 36.5 Å². The molecule has 118 valence electrons. The van der Waals surface area contributed by atoms with E-state index in [-0.39, 0.29) is 16.7 Å². The molecule has 0 heterocycles. The number of ether oxygens (including phenoxy) is 2. The summed E-state index contributed by atoms with van der Waals surface area (Å²) in [7, 11) is 0. The van der Waals surface area contributed by atoms with Gasteiger partial charge in [0.25, 0.3) is 0 Å². The molecule has 0 aromatic rings. The van der Waals surface area contributed by atoms with Crippen molar-refractivity contribution in [2.24, 2.45) is 0 Å². The summed E-state index contributed by atoms with van der Waals surface area (Å²) in [6.07, 6.45) is -0.490. The lowest BCUT2D eigenvalue weighted by Gasteiger charge is -2.16. The van der Waals surface area contributed by atoms with Crippen molar-refractivity contribution in [2.75, 3.05) is 0 Å². The summed E-state index contributed by atoms with van der Waals surface area (Å²) in [5, 5.41) is 7.89. The van der Waals surface area contributed by atoms with Crippen LogP contribution in [0.2, 0.25) is 0 Å². The number of aliphatic carboxylic acids is 1. The molecule has 0 spiro atoms. The number of hydrogen-bond donors (Lipinski definition) is 1. The van der Waals surface area contributed by atoms with Crippen molar-refractivity contribution in [1.29, 1.82) is 0 Å². The average Bonchev–Trinajstić information content (AvgIpc) is 2.37. The van der Waals surface area contributed by atoms with E-state index < -0.39 is 24.2 Å². The summed E-state index contributed by atoms with van der Waals surface area (Å²) in [4.78, 5) is 31.9. The summed E-state index contributed by atoms with van der Waals surface area (Å²) in [6, 6.07) is 0. The maximum Gasteiger partial charge on any atom is 0.336 e. The van der Waals surface area contributed by atoms with Gasteiger partial charge in [0.1, 0.15) is 0 Å². The van der Waals surface area contributed by atoms with Gasteiger partial charge in [0.2, 0.25) is 6.29 Å². The first-order valence-electron chi connectivity index (χ1n) is 6.14. The van der Waals surface area contributed by atoms with Crippen molar-refractivity contribution in [3.8, 4) is 0 Å². The second-order valence-electron chi connectivity index (χ2n) is 4.29. The Morgan fingerprint density at radius 3 is 1.33 bits per heavy atom. The summed E-state index contributed by atoms with van der Waals surface area (Å²) < 4.78 is 9.72. The van der Waals surface area contributed by atoms with Crippen molar-refractivity contribution >= 4 is 17.9 Å². The van der Waals surface area contributed by atoms with Crippen LogP contribution in [0.25, 0.3) is 0 Å². The van der Waals surface area contributed by atoms with Crippen LogP contribution in [0.1, 0.15) is 34.1 Å². The van der Waals surface area contributed by atoms with Gasteiger partial charge in [-0.1, -0.05) is 26.7 Å². The largest absolute Gasteiger partial charge is 0.478 e. The summed E-state index contributed by atoms with van der Waals surface area (Å²) in [5.41, 5.74) is 0.703. The van der Waals surface area contributed by atoms with Crippen LogP contribution in [0, 0.1) is 0 Å². The van der Waals surface area contributed by atoms with E-state index in [0.29, 0.717) is 6.42 Å². The van der Waals surface area contributed by atoms with Gasteiger partial charge in [-0.15, -0.1) is 0 Å². The highest BCUT2D eigenvalue weighted by molar-refractivity contribution is 5.88. The van der Waals surface area contributed by atoms with Gasteiger partial charge < -0.3 is 14.6 Å². The van der Waals surface area contributed by atoms with Gasteiger partial charge >= 0.3 is 17.9 Å². The normalized spacial score (nSPS) is 9.00. The lowest BCUT2D eigenvalue weighted by Crippen LogP contribution is -2.24. The van der Waals surface area contributed by atoms with E-state index in [1.54, 1.807) is 6.92 Å². The Kier molecular flexibility index (Phi) is 10.4. The molecule has 0 aliphatic carbocycles. The minimum absolute atomic E-state index is 0.176. The van der Waals surface area contributed by atoms with Gasteiger partial charge in [0.15, 0.2) is 0 Å². The maximum absolute atomic E-state index is 11.1. The second kappa shape index (κ2) is 10.4. The summed E-state index contributed by atoms with van der Waals surface area (Å²) >= 11 is 0. The predicted molar refractivity (Wildman–Crippen MR) is 78.3 cm³/mol. The standard InChI is InChI=1S/C11H16O4.C4H6O2/c1-6-9(14-10(12)7(2)3)15-11(13)8(4)5;1-3(2)4(5)6/h9H,2,4,6H2,1,3,5H3;1H2,2H3,(H,5,6). The number of rotatable bonds is 6. The first-order chi connectivity index (χ1) is 9.52. The van der Waals surface area contributed by atoms with E-state index in [1.807, 2.05) is 0 Å². The lowest BCUT2D eigenvalue weighted by molar-refractivity contribution is -0.182. The predicted octanol–water partition coefficient (Wildman–Crippen LogP) is 2.61. The van der Waals surface area contributed by atoms with E-state index in [1.165, 1.54) is 20.8 Å². The van der Waals surface area contributed by atoms with E-state index in [2.05, 4.69) is 19.7 Å². The molecule has 6 nitrogen and oxygen atoms in total. The zero-order valence-electron chi connectivity index (χ0n) is 12.9. The number of esters is 2. The van der Waals surface area contributed by atoms with E-state index in [4.69, 9.17) is 14.6 Å². The Balaban J connectivity index is 0. The van der Waals surface area contributed by atoms with E-state index in [9.17, 15) is 14.4 Å². The summed E-state index contributed by atoms with van der Waals surface area (Å²) in [5.74, 6) is -2.08. The fourth-order valence-corrected chi connectivity index (χ4v) is 0.631. The molecular weight excluding hydrogens is 276 g/mol. The Hall–Kier alpha value is -2.37. The first kappa shape index (κ1) is 20.9. The molecule has 0 aliphatic rings. The zero-order valence-corrected chi connectivity index (χ0v) is 12.9. The van der Waals surface area contributed by atoms with Crippen molar-refractivity contribution in [3.63, 3.8) is 0 Å². The first-order valence-corrected chi connectivity index (χ1v) is 6.14. The smallest absolute Gasteiger partial charge is 0.336 e. The molecule has 0 bridgehead atoms. The molecule has 0 aromatic heterocycles. The van der Waals surface area contributed by atoms with Gasteiger partial charge in [-0.05, 0) is 20.8 Å². The average molecular weight is 298 g/mol. The number of carboxylic acids is 1. The number of carbonyl (C=O) groups excluding carboxylic acids is 2. The van der Waals surface area contributed by atoms with Crippen LogP contribution in [0.5, 0.6) is 0 Å².